The molecule has 0 spiro atoms. The molecule has 0 atom stereocenters. The molecule has 0 aliphatic carbocycles. The fourth-order valence-electron chi connectivity index (χ4n) is 1.43. The molecule has 0 radical (unpaired) electrons. The van der Waals surface area contributed by atoms with E-state index in [1.54, 1.807) is 0 Å². The average molecular weight is 231 g/mol. The molecule has 0 bridgehead atoms. The first-order chi connectivity index (χ1) is 8.00. The lowest BCUT2D eigenvalue weighted by atomic mass is 9.96. The molecule has 0 amide bonds. The van der Waals surface area contributed by atoms with Crippen LogP contribution in [-0.2, 0) is 12.0 Å². The van der Waals surface area contributed by atoms with Crippen LogP contribution in [0.5, 0.6) is 0 Å². The standard InChI is InChI=1S/C13H17N3O/c1-13(2,3)12-15-11(17-16-12)10-6-4-9(8-14)5-7-10/h4-7H,8,14H2,1-3H3. The van der Waals surface area contributed by atoms with E-state index in [2.05, 4.69) is 30.9 Å². The lowest BCUT2D eigenvalue weighted by molar-refractivity contribution is 0.402. The second-order valence-electron chi connectivity index (χ2n) is 5.07. The topological polar surface area (TPSA) is 64.9 Å². The molecule has 90 valence electrons. The van der Waals surface area contributed by atoms with E-state index in [-0.39, 0.29) is 5.41 Å². The van der Waals surface area contributed by atoms with Gasteiger partial charge in [-0.15, -0.1) is 0 Å². The van der Waals surface area contributed by atoms with Gasteiger partial charge in [0.15, 0.2) is 5.82 Å². The Balaban J connectivity index is 2.30. The summed E-state index contributed by atoms with van der Waals surface area (Å²) in [5.74, 6) is 1.27. The van der Waals surface area contributed by atoms with Crippen molar-refractivity contribution in [2.45, 2.75) is 32.7 Å². The van der Waals surface area contributed by atoms with Gasteiger partial charge in [0, 0.05) is 17.5 Å². The van der Waals surface area contributed by atoms with Crippen molar-refractivity contribution in [2.24, 2.45) is 5.73 Å². The van der Waals surface area contributed by atoms with Crippen molar-refractivity contribution in [2.75, 3.05) is 0 Å². The van der Waals surface area contributed by atoms with E-state index in [4.69, 9.17) is 10.3 Å². The molecule has 0 fully saturated rings. The van der Waals surface area contributed by atoms with Crippen LogP contribution >= 0.6 is 0 Å². The van der Waals surface area contributed by atoms with E-state index in [0.717, 1.165) is 17.0 Å². The van der Waals surface area contributed by atoms with Crippen LogP contribution < -0.4 is 5.73 Å². The van der Waals surface area contributed by atoms with Crippen LogP contribution in [0.4, 0.5) is 0 Å². The monoisotopic (exact) mass is 231 g/mol. The maximum absolute atomic E-state index is 5.55. The summed E-state index contributed by atoms with van der Waals surface area (Å²) in [7, 11) is 0. The Morgan fingerprint density at radius 2 is 1.82 bits per heavy atom. The molecule has 1 aromatic carbocycles. The molecule has 1 heterocycles. The molecule has 4 nitrogen and oxygen atoms in total. The van der Waals surface area contributed by atoms with Crippen molar-refractivity contribution in [3.8, 4) is 11.5 Å². The molecule has 2 aromatic rings. The number of nitrogens with two attached hydrogens (primary N) is 1. The molecule has 0 aliphatic heterocycles. The van der Waals surface area contributed by atoms with Crippen molar-refractivity contribution in [1.29, 1.82) is 0 Å². The molecule has 0 aliphatic rings. The zero-order valence-electron chi connectivity index (χ0n) is 10.4. The van der Waals surface area contributed by atoms with E-state index >= 15 is 0 Å². The van der Waals surface area contributed by atoms with E-state index in [0.29, 0.717) is 12.4 Å². The second kappa shape index (κ2) is 4.30. The van der Waals surface area contributed by atoms with Gasteiger partial charge in [0.2, 0.25) is 0 Å². The summed E-state index contributed by atoms with van der Waals surface area (Å²) in [6, 6.07) is 7.83. The van der Waals surface area contributed by atoms with Gasteiger partial charge in [-0.2, -0.15) is 4.98 Å². The highest BCUT2D eigenvalue weighted by molar-refractivity contribution is 5.53. The predicted octanol–water partition coefficient (Wildman–Crippen LogP) is 2.49. The van der Waals surface area contributed by atoms with Gasteiger partial charge in [0.1, 0.15) is 0 Å². The lowest BCUT2D eigenvalue weighted by Gasteiger charge is -2.10. The number of nitrogens with zero attached hydrogens (tertiary/aromatic N) is 2. The highest BCUT2D eigenvalue weighted by atomic mass is 16.5. The first-order valence-corrected chi connectivity index (χ1v) is 5.64. The highest BCUT2D eigenvalue weighted by Crippen LogP contribution is 2.23. The summed E-state index contributed by atoms with van der Waals surface area (Å²) in [4.78, 5) is 4.40. The third-order valence-electron chi connectivity index (χ3n) is 2.53. The van der Waals surface area contributed by atoms with Crippen LogP contribution in [0.2, 0.25) is 0 Å². The zero-order chi connectivity index (χ0) is 12.5. The van der Waals surface area contributed by atoms with Gasteiger partial charge in [0.05, 0.1) is 0 Å². The summed E-state index contributed by atoms with van der Waals surface area (Å²) in [5, 5.41) is 4.00. The average Bonchev–Trinajstić information content (AvgIpc) is 2.78. The third kappa shape index (κ3) is 2.53. The number of benzene rings is 1. The number of hydrogen-bond acceptors (Lipinski definition) is 4. The van der Waals surface area contributed by atoms with Crippen LogP contribution in [0.1, 0.15) is 32.2 Å². The third-order valence-corrected chi connectivity index (χ3v) is 2.53. The number of rotatable bonds is 2. The molecule has 0 saturated carbocycles. The first-order valence-electron chi connectivity index (χ1n) is 5.64. The predicted molar refractivity (Wildman–Crippen MR) is 66.3 cm³/mol. The second-order valence-corrected chi connectivity index (χ2v) is 5.07. The molecule has 0 saturated heterocycles. The maximum Gasteiger partial charge on any atom is 0.257 e. The maximum atomic E-state index is 5.55. The summed E-state index contributed by atoms with van der Waals surface area (Å²) in [5.41, 5.74) is 7.46. The van der Waals surface area contributed by atoms with Gasteiger partial charge in [-0.3, -0.25) is 0 Å². The molecule has 2 rings (SSSR count). The van der Waals surface area contributed by atoms with Gasteiger partial charge >= 0.3 is 0 Å². The Kier molecular flexibility index (Phi) is 2.98. The summed E-state index contributed by atoms with van der Waals surface area (Å²) in [6.07, 6.45) is 0. The Bertz CT molecular complexity index is 494. The first kappa shape index (κ1) is 11.8. The Morgan fingerprint density at radius 1 is 1.18 bits per heavy atom. The van der Waals surface area contributed by atoms with Crippen molar-refractivity contribution in [3.05, 3.63) is 35.7 Å². The van der Waals surface area contributed by atoms with E-state index in [9.17, 15) is 0 Å². The van der Waals surface area contributed by atoms with E-state index in [1.807, 2.05) is 24.3 Å². The summed E-state index contributed by atoms with van der Waals surface area (Å²) in [6.45, 7) is 6.70. The van der Waals surface area contributed by atoms with Gasteiger partial charge in [-0.05, 0) is 17.7 Å². The fourth-order valence-corrected chi connectivity index (χ4v) is 1.43. The van der Waals surface area contributed by atoms with Crippen molar-refractivity contribution < 1.29 is 4.52 Å². The Morgan fingerprint density at radius 3 is 2.29 bits per heavy atom. The minimum absolute atomic E-state index is 0.0983. The quantitative estimate of drug-likeness (QED) is 0.862. The molecular weight excluding hydrogens is 214 g/mol. The Hall–Kier alpha value is -1.68. The zero-order valence-corrected chi connectivity index (χ0v) is 10.4. The number of hydrogen-bond donors (Lipinski definition) is 1. The van der Waals surface area contributed by atoms with Crippen molar-refractivity contribution in [3.63, 3.8) is 0 Å². The van der Waals surface area contributed by atoms with Crippen LogP contribution in [0.3, 0.4) is 0 Å². The summed E-state index contributed by atoms with van der Waals surface area (Å²) >= 11 is 0. The normalized spacial score (nSPS) is 11.8. The van der Waals surface area contributed by atoms with Gasteiger partial charge in [-0.1, -0.05) is 38.1 Å². The molecule has 0 unspecified atom stereocenters. The minimum atomic E-state index is -0.0983. The molecular formula is C13H17N3O. The molecule has 2 N–H and O–H groups in total. The van der Waals surface area contributed by atoms with E-state index < -0.39 is 0 Å². The highest BCUT2D eigenvalue weighted by Gasteiger charge is 2.21. The number of aromatic nitrogens is 2. The SMILES string of the molecule is CC(C)(C)c1noc(-c2ccc(CN)cc2)n1. The molecule has 17 heavy (non-hydrogen) atoms. The van der Waals surface area contributed by atoms with Crippen molar-refractivity contribution in [1.82, 2.24) is 10.1 Å². The van der Waals surface area contributed by atoms with Crippen LogP contribution in [0.25, 0.3) is 11.5 Å². The fraction of sp³-hybridized carbons (Fsp3) is 0.385. The summed E-state index contributed by atoms with van der Waals surface area (Å²) < 4.78 is 5.26. The minimum Gasteiger partial charge on any atom is -0.334 e. The lowest BCUT2D eigenvalue weighted by Crippen LogP contribution is -2.13. The van der Waals surface area contributed by atoms with E-state index in [1.165, 1.54) is 0 Å². The van der Waals surface area contributed by atoms with Crippen LogP contribution in [0, 0.1) is 0 Å². The van der Waals surface area contributed by atoms with Gasteiger partial charge in [0.25, 0.3) is 5.89 Å². The van der Waals surface area contributed by atoms with Crippen molar-refractivity contribution >= 4 is 0 Å². The smallest absolute Gasteiger partial charge is 0.257 e. The van der Waals surface area contributed by atoms with Crippen LogP contribution in [-0.4, -0.2) is 10.1 Å². The molecule has 4 heteroatoms. The largest absolute Gasteiger partial charge is 0.334 e. The van der Waals surface area contributed by atoms with Gasteiger partial charge < -0.3 is 10.3 Å². The van der Waals surface area contributed by atoms with Gasteiger partial charge in [-0.25, -0.2) is 0 Å². The molecule has 1 aromatic heterocycles. The Labute approximate surface area is 101 Å². The van der Waals surface area contributed by atoms with Crippen LogP contribution in [0.15, 0.2) is 28.8 Å².